The Hall–Kier alpha value is -2.11. The molecule has 2 fully saturated rings. The van der Waals surface area contributed by atoms with E-state index < -0.39 is 0 Å². The van der Waals surface area contributed by atoms with Gasteiger partial charge in [-0.3, -0.25) is 4.79 Å². The Morgan fingerprint density at radius 3 is 2.81 bits per heavy atom. The predicted octanol–water partition coefficient (Wildman–Crippen LogP) is 1.55. The smallest absolute Gasteiger partial charge is 0.222 e. The summed E-state index contributed by atoms with van der Waals surface area (Å²) in [4.78, 5) is 28.1. The quantitative estimate of drug-likeness (QED) is 0.909. The van der Waals surface area contributed by atoms with E-state index in [1.54, 1.807) is 6.33 Å². The number of hydrogen-bond donors (Lipinski definition) is 1. The Balaban J connectivity index is 1.50. The van der Waals surface area contributed by atoms with Crippen LogP contribution in [0.5, 0.6) is 0 Å². The van der Waals surface area contributed by atoms with Crippen molar-refractivity contribution in [3.05, 3.63) is 18.6 Å². The Morgan fingerprint density at radius 2 is 2.05 bits per heavy atom. The van der Waals surface area contributed by atoms with Crippen LogP contribution >= 0.6 is 0 Å². The summed E-state index contributed by atoms with van der Waals surface area (Å²) in [6.45, 7) is 2.84. The minimum atomic E-state index is 0.337. The van der Waals surface area contributed by atoms with E-state index in [9.17, 15) is 4.79 Å². The number of H-pyrrole nitrogens is 1. The molecule has 110 valence electrons. The number of likely N-dealkylation sites (tertiary alicyclic amines) is 1. The highest BCUT2D eigenvalue weighted by Crippen LogP contribution is 2.27. The fraction of sp³-hybridized carbons (Fsp3) is 0.533. The van der Waals surface area contributed by atoms with E-state index in [-0.39, 0.29) is 0 Å². The highest BCUT2D eigenvalue weighted by molar-refractivity contribution is 5.87. The average molecular weight is 285 g/mol. The van der Waals surface area contributed by atoms with Crippen molar-refractivity contribution in [3.8, 4) is 0 Å². The Labute approximate surface area is 123 Å². The van der Waals surface area contributed by atoms with Gasteiger partial charge in [0.1, 0.15) is 17.8 Å². The van der Waals surface area contributed by atoms with E-state index in [0.29, 0.717) is 11.9 Å². The summed E-state index contributed by atoms with van der Waals surface area (Å²) in [6.07, 6.45) is 7.33. The van der Waals surface area contributed by atoms with Crippen LogP contribution in [0.15, 0.2) is 18.6 Å². The van der Waals surface area contributed by atoms with E-state index in [1.165, 1.54) is 0 Å². The van der Waals surface area contributed by atoms with Crippen LogP contribution in [0.2, 0.25) is 0 Å². The molecule has 2 aliphatic rings. The largest absolute Gasteiger partial charge is 0.356 e. The molecule has 6 heteroatoms. The number of aromatic amines is 1. The highest BCUT2D eigenvalue weighted by Gasteiger charge is 2.31. The summed E-state index contributed by atoms with van der Waals surface area (Å²) in [5.41, 5.74) is 0.886. The zero-order valence-corrected chi connectivity index (χ0v) is 12.0. The van der Waals surface area contributed by atoms with Crippen molar-refractivity contribution in [2.75, 3.05) is 24.5 Å². The number of anilines is 1. The molecule has 0 saturated carbocycles. The lowest BCUT2D eigenvalue weighted by Crippen LogP contribution is -2.45. The van der Waals surface area contributed by atoms with Crippen LogP contribution in [-0.4, -0.2) is 51.4 Å². The maximum atomic E-state index is 11.9. The standard InChI is InChI=1S/C15H19N5O/c21-13-2-1-7-20(13)11-4-8-19(9-5-11)15-12-3-6-16-14(12)17-10-18-15/h3,6,10-11H,1-2,4-5,7-9H2,(H,16,17,18). The molecule has 0 radical (unpaired) electrons. The number of piperidine rings is 1. The van der Waals surface area contributed by atoms with Crippen LogP contribution in [0.4, 0.5) is 5.82 Å². The minimum Gasteiger partial charge on any atom is -0.356 e. The van der Waals surface area contributed by atoms with Gasteiger partial charge < -0.3 is 14.8 Å². The van der Waals surface area contributed by atoms with Crippen LogP contribution in [-0.2, 0) is 4.79 Å². The highest BCUT2D eigenvalue weighted by atomic mass is 16.2. The number of rotatable bonds is 2. The maximum absolute atomic E-state index is 11.9. The molecular weight excluding hydrogens is 266 g/mol. The van der Waals surface area contributed by atoms with Crippen molar-refractivity contribution in [1.82, 2.24) is 19.9 Å². The van der Waals surface area contributed by atoms with Gasteiger partial charge in [0.05, 0.1) is 5.39 Å². The summed E-state index contributed by atoms with van der Waals surface area (Å²) in [5, 5.41) is 1.08. The third-order valence-electron chi connectivity index (χ3n) is 4.65. The van der Waals surface area contributed by atoms with Crippen LogP contribution < -0.4 is 4.90 Å². The van der Waals surface area contributed by atoms with Crippen molar-refractivity contribution in [2.45, 2.75) is 31.7 Å². The number of nitrogens with zero attached hydrogens (tertiary/aromatic N) is 4. The summed E-state index contributed by atoms with van der Waals surface area (Å²) in [6, 6.07) is 2.45. The molecule has 2 aromatic heterocycles. The first-order chi connectivity index (χ1) is 10.3. The topological polar surface area (TPSA) is 65.1 Å². The second-order valence-corrected chi connectivity index (χ2v) is 5.85. The van der Waals surface area contributed by atoms with E-state index in [2.05, 4.69) is 24.8 Å². The molecule has 4 heterocycles. The van der Waals surface area contributed by atoms with Gasteiger partial charge in [-0.05, 0) is 25.3 Å². The van der Waals surface area contributed by atoms with Gasteiger partial charge in [-0.15, -0.1) is 0 Å². The summed E-state index contributed by atoms with van der Waals surface area (Å²) in [7, 11) is 0. The Kier molecular flexibility index (Phi) is 3.02. The van der Waals surface area contributed by atoms with Crippen molar-refractivity contribution in [3.63, 3.8) is 0 Å². The molecule has 1 N–H and O–H groups in total. The summed E-state index contributed by atoms with van der Waals surface area (Å²) < 4.78 is 0. The van der Waals surface area contributed by atoms with Crippen molar-refractivity contribution >= 4 is 22.8 Å². The molecule has 21 heavy (non-hydrogen) atoms. The fourth-order valence-corrected chi connectivity index (χ4v) is 3.56. The minimum absolute atomic E-state index is 0.337. The first kappa shape index (κ1) is 12.6. The molecule has 0 aromatic carbocycles. The van der Waals surface area contributed by atoms with E-state index in [0.717, 1.165) is 62.2 Å². The molecule has 2 aromatic rings. The molecule has 6 nitrogen and oxygen atoms in total. The first-order valence-electron chi connectivity index (χ1n) is 7.65. The fourth-order valence-electron chi connectivity index (χ4n) is 3.56. The lowest BCUT2D eigenvalue weighted by molar-refractivity contribution is -0.130. The van der Waals surface area contributed by atoms with Gasteiger partial charge in [0.15, 0.2) is 0 Å². The normalized spacial score (nSPS) is 20.7. The molecule has 0 aliphatic carbocycles. The van der Waals surface area contributed by atoms with Gasteiger partial charge in [-0.25, -0.2) is 9.97 Å². The molecule has 0 unspecified atom stereocenters. The van der Waals surface area contributed by atoms with Gasteiger partial charge in [0.2, 0.25) is 5.91 Å². The van der Waals surface area contributed by atoms with Crippen LogP contribution in [0.25, 0.3) is 11.0 Å². The third-order valence-corrected chi connectivity index (χ3v) is 4.65. The molecular formula is C15H19N5O. The molecule has 4 rings (SSSR count). The average Bonchev–Trinajstić information content (AvgIpc) is 3.15. The monoisotopic (exact) mass is 285 g/mol. The SMILES string of the molecule is O=C1CCCN1C1CCN(c2ncnc3[nH]ccc23)CC1. The summed E-state index contributed by atoms with van der Waals surface area (Å²) >= 11 is 0. The Morgan fingerprint density at radius 1 is 1.19 bits per heavy atom. The number of carbonyl (C=O) groups excluding carboxylic acids is 1. The van der Waals surface area contributed by atoms with Crippen LogP contribution in [0.1, 0.15) is 25.7 Å². The lowest BCUT2D eigenvalue weighted by Gasteiger charge is -2.37. The number of carbonyl (C=O) groups is 1. The van der Waals surface area contributed by atoms with Crippen molar-refractivity contribution in [2.24, 2.45) is 0 Å². The zero-order valence-electron chi connectivity index (χ0n) is 12.0. The second-order valence-electron chi connectivity index (χ2n) is 5.85. The second kappa shape index (κ2) is 5.02. The zero-order chi connectivity index (χ0) is 14.2. The first-order valence-corrected chi connectivity index (χ1v) is 7.65. The molecule has 0 spiro atoms. The number of fused-ring (bicyclic) bond motifs is 1. The third kappa shape index (κ3) is 2.14. The van der Waals surface area contributed by atoms with E-state index >= 15 is 0 Å². The van der Waals surface area contributed by atoms with E-state index in [4.69, 9.17) is 0 Å². The molecule has 0 bridgehead atoms. The number of nitrogens with one attached hydrogen (secondary N) is 1. The van der Waals surface area contributed by atoms with Crippen LogP contribution in [0.3, 0.4) is 0 Å². The van der Waals surface area contributed by atoms with Crippen molar-refractivity contribution in [1.29, 1.82) is 0 Å². The molecule has 1 amide bonds. The molecule has 0 atom stereocenters. The van der Waals surface area contributed by atoms with Gasteiger partial charge in [-0.1, -0.05) is 0 Å². The van der Waals surface area contributed by atoms with Gasteiger partial charge in [0, 0.05) is 38.3 Å². The molecule has 2 aliphatic heterocycles. The van der Waals surface area contributed by atoms with Gasteiger partial charge in [0.25, 0.3) is 0 Å². The van der Waals surface area contributed by atoms with Crippen LogP contribution in [0, 0.1) is 0 Å². The molecule has 2 saturated heterocycles. The van der Waals surface area contributed by atoms with Gasteiger partial charge in [-0.2, -0.15) is 0 Å². The van der Waals surface area contributed by atoms with Crippen molar-refractivity contribution < 1.29 is 4.79 Å². The Bertz CT molecular complexity index is 659. The lowest BCUT2D eigenvalue weighted by atomic mass is 10.0. The summed E-state index contributed by atoms with van der Waals surface area (Å²) in [5.74, 6) is 1.34. The predicted molar refractivity (Wildman–Crippen MR) is 80.1 cm³/mol. The number of hydrogen-bond acceptors (Lipinski definition) is 4. The van der Waals surface area contributed by atoms with Gasteiger partial charge >= 0.3 is 0 Å². The number of aromatic nitrogens is 3. The van der Waals surface area contributed by atoms with E-state index in [1.807, 2.05) is 12.3 Å². The maximum Gasteiger partial charge on any atom is 0.222 e. The number of amides is 1.